The molecule has 0 saturated carbocycles. The van der Waals surface area contributed by atoms with E-state index in [0.29, 0.717) is 12.8 Å². The summed E-state index contributed by atoms with van der Waals surface area (Å²) in [6.07, 6.45) is 0.629. The molecule has 1 rings (SSSR count). The van der Waals surface area contributed by atoms with E-state index in [0.717, 1.165) is 0 Å². The van der Waals surface area contributed by atoms with Gasteiger partial charge < -0.3 is 0 Å². The molecule has 118 valence electrons. The van der Waals surface area contributed by atoms with E-state index in [1.54, 1.807) is 13.8 Å². The van der Waals surface area contributed by atoms with Crippen LogP contribution in [0.15, 0.2) is 0 Å². The Labute approximate surface area is 118 Å². The van der Waals surface area contributed by atoms with Crippen molar-refractivity contribution in [1.29, 1.82) is 0 Å². The summed E-state index contributed by atoms with van der Waals surface area (Å²) >= 11 is 0. The Morgan fingerprint density at radius 3 is 1.10 bits per heavy atom. The molecule has 20 heavy (non-hydrogen) atoms. The maximum absolute atomic E-state index is 13.3. The maximum atomic E-state index is 13.3. The molecular weight excluding hydrogens is 275 g/mol. The van der Waals surface area contributed by atoms with Gasteiger partial charge in [0.2, 0.25) is 5.82 Å². The molecular formula is C15H23F5. The van der Waals surface area contributed by atoms with Crippen LogP contribution in [-0.2, 0) is 0 Å². The lowest BCUT2D eigenvalue weighted by Crippen LogP contribution is -2.10. The lowest BCUT2D eigenvalue weighted by atomic mass is 9.92. The highest BCUT2D eigenvalue weighted by Gasteiger charge is 2.28. The first kappa shape index (κ1) is 21.2. The van der Waals surface area contributed by atoms with Crippen LogP contribution in [0.3, 0.4) is 0 Å². The second-order valence-corrected chi connectivity index (χ2v) is 3.50. The highest BCUT2D eigenvalue weighted by Crippen LogP contribution is 2.32. The van der Waals surface area contributed by atoms with Gasteiger partial charge >= 0.3 is 0 Å². The highest BCUT2D eigenvalue weighted by atomic mass is 19.2. The third-order valence-electron chi connectivity index (χ3n) is 2.64. The van der Waals surface area contributed by atoms with Crippen molar-refractivity contribution in [2.24, 2.45) is 0 Å². The molecule has 0 spiro atoms. The van der Waals surface area contributed by atoms with Gasteiger partial charge in [0.15, 0.2) is 23.3 Å². The molecule has 0 atom stereocenters. The van der Waals surface area contributed by atoms with Crippen LogP contribution < -0.4 is 0 Å². The molecule has 0 nitrogen and oxygen atoms in total. The zero-order valence-electron chi connectivity index (χ0n) is 12.9. The molecule has 0 aromatic heterocycles. The molecule has 0 radical (unpaired) electrons. The van der Waals surface area contributed by atoms with E-state index in [4.69, 9.17) is 0 Å². The summed E-state index contributed by atoms with van der Waals surface area (Å²) in [6, 6.07) is 0. The zero-order valence-corrected chi connectivity index (χ0v) is 12.9. The van der Waals surface area contributed by atoms with Gasteiger partial charge in [-0.3, -0.25) is 0 Å². The van der Waals surface area contributed by atoms with Crippen LogP contribution in [0.5, 0.6) is 0 Å². The summed E-state index contributed by atoms with van der Waals surface area (Å²) in [6.45, 7) is 11.3. The van der Waals surface area contributed by atoms with E-state index >= 15 is 0 Å². The predicted molar refractivity (Wildman–Crippen MR) is 72.3 cm³/mol. The summed E-state index contributed by atoms with van der Waals surface area (Å²) in [5.41, 5.74) is -0.707. The first-order valence-electron chi connectivity index (χ1n) is 6.96. The Balaban J connectivity index is 0. The Kier molecular flexibility index (Phi) is 11.3. The quantitative estimate of drug-likeness (QED) is 0.347. The Morgan fingerprint density at radius 1 is 0.600 bits per heavy atom. The molecule has 1 aromatic carbocycles. The minimum absolute atomic E-state index is 0.314. The van der Waals surface area contributed by atoms with Crippen LogP contribution in [0.2, 0.25) is 0 Å². The molecule has 0 saturated heterocycles. The second kappa shape index (κ2) is 10.6. The molecule has 0 fully saturated rings. The van der Waals surface area contributed by atoms with Gasteiger partial charge in [-0.2, -0.15) is 0 Å². The monoisotopic (exact) mass is 298 g/mol. The summed E-state index contributed by atoms with van der Waals surface area (Å²) < 4.78 is 65.1. The van der Waals surface area contributed by atoms with Crippen LogP contribution in [0.4, 0.5) is 22.0 Å². The molecule has 0 heterocycles. The fourth-order valence-corrected chi connectivity index (χ4v) is 1.68. The van der Waals surface area contributed by atoms with Crippen molar-refractivity contribution < 1.29 is 22.0 Å². The Hall–Kier alpha value is -1.13. The lowest BCUT2D eigenvalue weighted by Gasteiger charge is -2.15. The molecule has 0 aliphatic rings. The van der Waals surface area contributed by atoms with Crippen molar-refractivity contribution in [2.75, 3.05) is 0 Å². The molecule has 0 amide bonds. The van der Waals surface area contributed by atoms with Gasteiger partial charge in [-0.1, -0.05) is 41.5 Å². The van der Waals surface area contributed by atoms with Gasteiger partial charge in [-0.15, -0.1) is 0 Å². The van der Waals surface area contributed by atoms with Gasteiger partial charge in [0.05, 0.1) is 0 Å². The number of hydrogen-bond acceptors (Lipinski definition) is 0. The average molecular weight is 298 g/mol. The summed E-state index contributed by atoms with van der Waals surface area (Å²) in [4.78, 5) is 0. The van der Waals surface area contributed by atoms with Crippen molar-refractivity contribution in [2.45, 2.75) is 60.3 Å². The van der Waals surface area contributed by atoms with E-state index in [1.807, 2.05) is 27.7 Å². The molecule has 0 aliphatic heterocycles. The van der Waals surface area contributed by atoms with E-state index in [2.05, 4.69) is 0 Å². The van der Waals surface area contributed by atoms with Gasteiger partial charge in [0.25, 0.3) is 0 Å². The van der Waals surface area contributed by atoms with Crippen LogP contribution >= 0.6 is 0 Å². The average Bonchev–Trinajstić information content (AvgIpc) is 2.51. The Bertz CT molecular complexity index is 369. The first-order chi connectivity index (χ1) is 9.45. The standard InChI is InChI=1S/C11H11F5.2C2H6/c1-3-5(4-2)6-7(12)9(14)11(16)10(15)8(6)13;2*1-2/h5H,3-4H2,1-2H3;2*1-2H3. The van der Waals surface area contributed by atoms with Crippen molar-refractivity contribution >= 4 is 0 Å². The molecule has 0 aliphatic carbocycles. The van der Waals surface area contributed by atoms with Gasteiger partial charge in [-0.05, 0) is 18.8 Å². The summed E-state index contributed by atoms with van der Waals surface area (Å²) in [5.74, 6) is -9.95. The summed E-state index contributed by atoms with van der Waals surface area (Å²) in [7, 11) is 0. The molecule has 0 bridgehead atoms. The van der Waals surface area contributed by atoms with Crippen LogP contribution in [0, 0.1) is 29.1 Å². The van der Waals surface area contributed by atoms with Crippen LogP contribution in [0.25, 0.3) is 0 Å². The van der Waals surface area contributed by atoms with Gasteiger partial charge in [0, 0.05) is 5.56 Å². The first-order valence-corrected chi connectivity index (χ1v) is 6.96. The third kappa shape index (κ3) is 4.46. The van der Waals surface area contributed by atoms with Crippen LogP contribution in [-0.4, -0.2) is 0 Å². The molecule has 0 N–H and O–H groups in total. The number of rotatable bonds is 3. The minimum Gasteiger partial charge on any atom is -0.203 e. The van der Waals surface area contributed by atoms with Crippen molar-refractivity contribution in [3.8, 4) is 0 Å². The number of benzene rings is 1. The topological polar surface area (TPSA) is 0 Å². The van der Waals surface area contributed by atoms with E-state index in [9.17, 15) is 22.0 Å². The van der Waals surface area contributed by atoms with Crippen molar-refractivity contribution in [1.82, 2.24) is 0 Å². The van der Waals surface area contributed by atoms with Crippen molar-refractivity contribution in [3.63, 3.8) is 0 Å². The fraction of sp³-hybridized carbons (Fsp3) is 0.600. The fourth-order valence-electron chi connectivity index (χ4n) is 1.68. The lowest BCUT2D eigenvalue weighted by molar-refractivity contribution is 0.361. The highest BCUT2D eigenvalue weighted by molar-refractivity contribution is 5.27. The second-order valence-electron chi connectivity index (χ2n) is 3.50. The number of hydrogen-bond donors (Lipinski definition) is 0. The normalized spacial score (nSPS) is 9.60. The van der Waals surface area contributed by atoms with Gasteiger partial charge in [-0.25, -0.2) is 22.0 Å². The molecule has 1 aromatic rings. The SMILES string of the molecule is CC.CC.CCC(CC)c1c(F)c(F)c(F)c(F)c1F. The Morgan fingerprint density at radius 2 is 0.850 bits per heavy atom. The zero-order chi connectivity index (χ0) is 16.5. The third-order valence-corrected chi connectivity index (χ3v) is 2.64. The molecule has 0 unspecified atom stereocenters. The van der Waals surface area contributed by atoms with Crippen LogP contribution in [0.1, 0.15) is 65.9 Å². The maximum Gasteiger partial charge on any atom is 0.200 e. The van der Waals surface area contributed by atoms with Gasteiger partial charge in [0.1, 0.15) is 0 Å². The van der Waals surface area contributed by atoms with E-state index < -0.39 is 40.6 Å². The van der Waals surface area contributed by atoms with Crippen molar-refractivity contribution in [3.05, 3.63) is 34.6 Å². The minimum atomic E-state index is -2.11. The smallest absolute Gasteiger partial charge is 0.200 e. The van der Waals surface area contributed by atoms with E-state index in [1.165, 1.54) is 0 Å². The predicted octanol–water partition coefficient (Wildman–Crippen LogP) is 6.34. The van der Waals surface area contributed by atoms with E-state index in [-0.39, 0.29) is 0 Å². The largest absolute Gasteiger partial charge is 0.203 e. The molecule has 5 heteroatoms. The number of halogens is 5. The summed E-state index contributed by atoms with van der Waals surface area (Å²) in [5, 5.41) is 0.